The zero-order chi connectivity index (χ0) is 17.6. The standard InChI is InChI=1S/C18H15N5O2/c19-11-12(18(25)23-16-7-3-4-10-20-16)15(24)8-9-17-21-13-5-1-2-6-14(13)22-17/h1-7,10,12H,8-9H2,(H,21,22)(H,20,23,25)/t12-/m0/s1. The van der Waals surface area contributed by atoms with Gasteiger partial charge in [0, 0.05) is 19.0 Å². The van der Waals surface area contributed by atoms with Gasteiger partial charge in [0.25, 0.3) is 5.91 Å². The van der Waals surface area contributed by atoms with Crippen LogP contribution in [0.15, 0.2) is 48.7 Å². The predicted molar refractivity (Wildman–Crippen MR) is 91.4 cm³/mol. The normalized spacial score (nSPS) is 11.6. The largest absolute Gasteiger partial charge is 0.342 e. The summed E-state index contributed by atoms with van der Waals surface area (Å²) in [5.41, 5.74) is 1.70. The molecule has 3 aromatic rings. The Hall–Kier alpha value is -3.53. The number of para-hydroxylation sites is 2. The average molecular weight is 333 g/mol. The van der Waals surface area contributed by atoms with E-state index >= 15 is 0 Å². The van der Waals surface area contributed by atoms with Crippen LogP contribution < -0.4 is 5.32 Å². The molecule has 1 atom stereocenters. The van der Waals surface area contributed by atoms with Gasteiger partial charge in [0.1, 0.15) is 11.6 Å². The van der Waals surface area contributed by atoms with Gasteiger partial charge in [0.15, 0.2) is 11.7 Å². The van der Waals surface area contributed by atoms with Crippen molar-refractivity contribution in [1.29, 1.82) is 5.26 Å². The highest BCUT2D eigenvalue weighted by Gasteiger charge is 2.26. The van der Waals surface area contributed by atoms with Crippen LogP contribution >= 0.6 is 0 Å². The fourth-order valence-corrected chi connectivity index (χ4v) is 2.42. The van der Waals surface area contributed by atoms with Crippen LogP contribution in [0.1, 0.15) is 12.2 Å². The summed E-state index contributed by atoms with van der Waals surface area (Å²) in [5.74, 6) is -1.53. The van der Waals surface area contributed by atoms with Gasteiger partial charge in [-0.15, -0.1) is 0 Å². The summed E-state index contributed by atoms with van der Waals surface area (Å²) in [6.45, 7) is 0. The molecule has 0 radical (unpaired) electrons. The average Bonchev–Trinajstić information content (AvgIpc) is 3.04. The molecule has 0 unspecified atom stereocenters. The first-order valence-corrected chi connectivity index (χ1v) is 7.75. The number of amides is 1. The number of imidazole rings is 1. The van der Waals surface area contributed by atoms with E-state index in [4.69, 9.17) is 0 Å². The van der Waals surface area contributed by atoms with Crippen LogP contribution in [0.2, 0.25) is 0 Å². The third-order valence-corrected chi connectivity index (χ3v) is 3.68. The number of aromatic nitrogens is 3. The third kappa shape index (κ3) is 3.87. The molecule has 0 fully saturated rings. The van der Waals surface area contributed by atoms with Crippen molar-refractivity contribution < 1.29 is 9.59 Å². The first kappa shape index (κ1) is 16.3. The van der Waals surface area contributed by atoms with Crippen molar-refractivity contribution in [3.05, 3.63) is 54.5 Å². The minimum atomic E-state index is -1.37. The lowest BCUT2D eigenvalue weighted by molar-refractivity contribution is -0.128. The van der Waals surface area contributed by atoms with Crippen molar-refractivity contribution in [1.82, 2.24) is 15.0 Å². The lowest BCUT2D eigenvalue weighted by Gasteiger charge is -2.08. The Balaban J connectivity index is 1.62. The number of rotatable bonds is 6. The molecule has 1 aromatic carbocycles. The number of aryl methyl sites for hydroxylation is 1. The molecule has 0 bridgehead atoms. The summed E-state index contributed by atoms with van der Waals surface area (Å²) >= 11 is 0. The van der Waals surface area contributed by atoms with Gasteiger partial charge in [-0.25, -0.2) is 9.97 Å². The van der Waals surface area contributed by atoms with Crippen LogP contribution in [0.3, 0.4) is 0 Å². The number of carbonyl (C=O) groups is 2. The van der Waals surface area contributed by atoms with Gasteiger partial charge in [-0.05, 0) is 24.3 Å². The van der Waals surface area contributed by atoms with E-state index in [1.165, 1.54) is 6.20 Å². The SMILES string of the molecule is N#C[C@@H](C(=O)CCc1nc2ccccc2[nH]1)C(=O)Nc1ccccn1. The smallest absolute Gasteiger partial charge is 0.250 e. The number of hydrogen-bond acceptors (Lipinski definition) is 5. The zero-order valence-corrected chi connectivity index (χ0v) is 13.3. The minimum Gasteiger partial charge on any atom is -0.342 e. The van der Waals surface area contributed by atoms with E-state index in [1.54, 1.807) is 24.3 Å². The number of benzene rings is 1. The van der Waals surface area contributed by atoms with Crippen molar-refractivity contribution in [3.63, 3.8) is 0 Å². The van der Waals surface area contributed by atoms with Crippen LogP contribution in [0, 0.1) is 17.2 Å². The van der Waals surface area contributed by atoms with Gasteiger partial charge in [-0.2, -0.15) is 5.26 Å². The molecule has 0 saturated carbocycles. The molecule has 0 saturated heterocycles. The Bertz CT molecular complexity index is 910. The number of nitrogens with zero attached hydrogens (tertiary/aromatic N) is 3. The first-order chi connectivity index (χ1) is 12.2. The maximum atomic E-state index is 12.2. The van der Waals surface area contributed by atoms with E-state index in [0.29, 0.717) is 18.1 Å². The Morgan fingerprint density at radius 2 is 2.00 bits per heavy atom. The molecule has 3 rings (SSSR count). The molecule has 7 nitrogen and oxygen atoms in total. The Labute approximate surface area is 143 Å². The molecule has 2 N–H and O–H groups in total. The molecule has 1 amide bonds. The van der Waals surface area contributed by atoms with E-state index in [9.17, 15) is 14.9 Å². The topological polar surface area (TPSA) is 112 Å². The number of carbonyl (C=O) groups excluding carboxylic acids is 2. The van der Waals surface area contributed by atoms with Crippen LogP contribution in [0.4, 0.5) is 5.82 Å². The second-order valence-electron chi connectivity index (χ2n) is 5.43. The van der Waals surface area contributed by atoms with Gasteiger partial charge in [0.05, 0.1) is 17.1 Å². The van der Waals surface area contributed by atoms with E-state index < -0.39 is 17.6 Å². The number of nitrogens with one attached hydrogen (secondary N) is 2. The Morgan fingerprint density at radius 1 is 1.20 bits per heavy atom. The molecule has 2 aromatic heterocycles. The van der Waals surface area contributed by atoms with Crippen molar-refractivity contribution in [2.75, 3.05) is 5.32 Å². The number of fused-ring (bicyclic) bond motifs is 1. The van der Waals surface area contributed by atoms with Crippen molar-refractivity contribution >= 4 is 28.5 Å². The fraction of sp³-hybridized carbons (Fsp3) is 0.167. The number of hydrogen-bond donors (Lipinski definition) is 2. The van der Waals surface area contributed by atoms with Gasteiger partial charge >= 0.3 is 0 Å². The Morgan fingerprint density at radius 3 is 2.72 bits per heavy atom. The van der Waals surface area contributed by atoms with Crippen LogP contribution in [0.5, 0.6) is 0 Å². The molecule has 0 aliphatic heterocycles. The van der Waals surface area contributed by atoms with Gasteiger partial charge in [-0.3, -0.25) is 9.59 Å². The Kier molecular flexibility index (Phi) is 4.81. The maximum absolute atomic E-state index is 12.2. The molecule has 124 valence electrons. The van der Waals surface area contributed by atoms with E-state index in [0.717, 1.165) is 11.0 Å². The van der Waals surface area contributed by atoms with Crippen molar-refractivity contribution in [2.24, 2.45) is 5.92 Å². The van der Waals surface area contributed by atoms with Gasteiger partial charge in [0.2, 0.25) is 0 Å². The molecule has 7 heteroatoms. The van der Waals surface area contributed by atoms with E-state index in [-0.39, 0.29) is 6.42 Å². The highest BCUT2D eigenvalue weighted by molar-refractivity contribution is 6.09. The molecular formula is C18H15N5O2. The number of anilines is 1. The van der Waals surface area contributed by atoms with Crippen LogP contribution in [-0.2, 0) is 16.0 Å². The fourth-order valence-electron chi connectivity index (χ4n) is 2.42. The first-order valence-electron chi connectivity index (χ1n) is 7.75. The lowest BCUT2D eigenvalue weighted by atomic mass is 10.0. The third-order valence-electron chi connectivity index (χ3n) is 3.68. The predicted octanol–water partition coefficient (Wildman–Crippen LogP) is 2.24. The molecule has 0 spiro atoms. The molecule has 2 heterocycles. The highest BCUT2D eigenvalue weighted by atomic mass is 16.2. The monoisotopic (exact) mass is 333 g/mol. The quantitative estimate of drug-likeness (QED) is 0.672. The second-order valence-corrected chi connectivity index (χ2v) is 5.43. The number of pyridine rings is 1. The minimum absolute atomic E-state index is 0.0493. The summed E-state index contributed by atoms with van der Waals surface area (Å²) in [6.07, 6.45) is 1.90. The summed E-state index contributed by atoms with van der Waals surface area (Å²) in [4.78, 5) is 35.8. The summed E-state index contributed by atoms with van der Waals surface area (Å²) in [7, 11) is 0. The summed E-state index contributed by atoms with van der Waals surface area (Å²) < 4.78 is 0. The van der Waals surface area contributed by atoms with E-state index in [1.807, 2.05) is 24.3 Å². The number of aromatic amines is 1. The van der Waals surface area contributed by atoms with Gasteiger partial charge < -0.3 is 10.3 Å². The summed E-state index contributed by atoms with van der Waals surface area (Å²) in [5, 5.41) is 11.7. The maximum Gasteiger partial charge on any atom is 0.250 e. The number of ketones is 1. The van der Waals surface area contributed by atoms with Crippen LogP contribution in [0.25, 0.3) is 11.0 Å². The number of Topliss-reactive ketones (excluding diaryl/α,β-unsaturated/α-hetero) is 1. The van der Waals surface area contributed by atoms with Crippen molar-refractivity contribution in [3.8, 4) is 6.07 Å². The molecular weight excluding hydrogens is 318 g/mol. The highest BCUT2D eigenvalue weighted by Crippen LogP contribution is 2.13. The zero-order valence-electron chi connectivity index (χ0n) is 13.3. The molecule has 0 aliphatic rings. The number of nitriles is 1. The molecule has 25 heavy (non-hydrogen) atoms. The van der Waals surface area contributed by atoms with Crippen molar-refractivity contribution in [2.45, 2.75) is 12.8 Å². The van der Waals surface area contributed by atoms with Gasteiger partial charge in [-0.1, -0.05) is 18.2 Å². The van der Waals surface area contributed by atoms with E-state index in [2.05, 4.69) is 20.3 Å². The second kappa shape index (κ2) is 7.36. The van der Waals surface area contributed by atoms with Crippen LogP contribution in [-0.4, -0.2) is 26.6 Å². The lowest BCUT2D eigenvalue weighted by Crippen LogP contribution is -2.29. The molecule has 0 aliphatic carbocycles. The summed E-state index contributed by atoms with van der Waals surface area (Å²) in [6, 6.07) is 14.3. The number of H-pyrrole nitrogens is 1.